The molecule has 2 heterocycles. The van der Waals surface area contributed by atoms with Crippen LogP contribution in [0.4, 0.5) is 24.5 Å². The van der Waals surface area contributed by atoms with Gasteiger partial charge in [0.25, 0.3) is 0 Å². The lowest BCUT2D eigenvalue weighted by Gasteiger charge is -2.19. The Labute approximate surface area is 313 Å². The Bertz CT molecular complexity index is 3200. The average Bonchev–Trinajstić information content (AvgIpc) is 3.71. The van der Waals surface area contributed by atoms with Gasteiger partial charge in [0.1, 0.15) is 0 Å². The van der Waals surface area contributed by atoms with Crippen LogP contribution in [0.2, 0.25) is 0 Å². The lowest BCUT2D eigenvalue weighted by Crippen LogP contribution is -2.05. The molecule has 0 saturated heterocycles. The van der Waals surface area contributed by atoms with Gasteiger partial charge in [-0.2, -0.15) is 18.4 Å². The Morgan fingerprint density at radius 2 is 1.25 bits per heavy atom. The van der Waals surface area contributed by atoms with E-state index in [1.165, 1.54) is 0 Å². The molecule has 0 N–H and O–H groups in total. The number of fused-ring (bicyclic) bond motifs is 6. The third-order valence-corrected chi connectivity index (χ3v) is 10.2. The summed E-state index contributed by atoms with van der Waals surface area (Å²) in [5.74, 6) is 0. The van der Waals surface area contributed by atoms with Gasteiger partial charge in [-0.15, -0.1) is 0 Å². The number of hydrogen-bond donors (Lipinski definition) is 0. The van der Waals surface area contributed by atoms with Gasteiger partial charge in [-0.3, -0.25) is 0 Å². The molecule has 260 valence electrons. The molecular formula is C47H26F3N5. The Kier molecular flexibility index (Phi) is 7.57. The molecule has 8 heteroatoms. The minimum Gasteiger partial charge on any atom is -0.309 e. The summed E-state index contributed by atoms with van der Waals surface area (Å²) in [5, 5.41) is 13.4. The van der Waals surface area contributed by atoms with Crippen LogP contribution in [0.15, 0.2) is 140 Å². The summed E-state index contributed by atoms with van der Waals surface area (Å²) in [7, 11) is 0. The maximum atomic E-state index is 14.1. The summed E-state index contributed by atoms with van der Waals surface area (Å²) >= 11 is 0. The number of halogens is 3. The summed E-state index contributed by atoms with van der Waals surface area (Å²) in [6.45, 7) is 17.6. The maximum Gasteiger partial charge on any atom is 0.416 e. The van der Waals surface area contributed by atoms with Crippen molar-refractivity contribution in [3.8, 4) is 39.7 Å². The molecule has 0 bridgehead atoms. The number of hydrogen-bond acceptors (Lipinski definition) is 1. The predicted octanol–water partition coefficient (Wildman–Crippen LogP) is 13.5. The van der Waals surface area contributed by atoms with Gasteiger partial charge in [0.05, 0.1) is 58.1 Å². The monoisotopic (exact) mass is 717 g/mol. The van der Waals surface area contributed by atoms with Gasteiger partial charge in [-0.05, 0) is 119 Å². The van der Waals surface area contributed by atoms with Crippen molar-refractivity contribution in [1.29, 1.82) is 5.26 Å². The number of rotatable bonds is 4. The van der Waals surface area contributed by atoms with Gasteiger partial charge in [0.15, 0.2) is 11.4 Å². The second kappa shape index (κ2) is 12.5. The first kappa shape index (κ1) is 33.3. The number of alkyl halides is 3. The summed E-state index contributed by atoms with van der Waals surface area (Å²) in [6.07, 6.45) is -4.53. The third-order valence-electron chi connectivity index (χ3n) is 10.2. The highest BCUT2D eigenvalue weighted by Gasteiger charge is 2.31. The van der Waals surface area contributed by atoms with E-state index in [0.717, 1.165) is 67.1 Å². The van der Waals surface area contributed by atoms with Crippen molar-refractivity contribution >= 4 is 55.0 Å². The molecule has 0 spiro atoms. The second-order valence-corrected chi connectivity index (χ2v) is 13.5. The van der Waals surface area contributed by atoms with Crippen LogP contribution in [0.1, 0.15) is 16.7 Å². The molecule has 0 saturated carbocycles. The van der Waals surface area contributed by atoms with Crippen LogP contribution in [-0.4, -0.2) is 9.13 Å². The van der Waals surface area contributed by atoms with Crippen LogP contribution in [0.3, 0.4) is 0 Å². The molecular weight excluding hydrogens is 692 g/mol. The van der Waals surface area contributed by atoms with Crippen molar-refractivity contribution in [1.82, 2.24) is 9.13 Å². The molecule has 9 aromatic rings. The maximum absolute atomic E-state index is 14.1. The Morgan fingerprint density at radius 3 is 1.96 bits per heavy atom. The first-order valence-corrected chi connectivity index (χ1v) is 17.4. The smallest absolute Gasteiger partial charge is 0.309 e. The van der Waals surface area contributed by atoms with E-state index in [2.05, 4.69) is 24.9 Å². The van der Waals surface area contributed by atoms with E-state index in [1.807, 2.05) is 103 Å². The van der Waals surface area contributed by atoms with E-state index in [4.69, 9.17) is 13.1 Å². The lowest BCUT2D eigenvalue weighted by molar-refractivity contribution is -0.137. The molecule has 0 aliphatic heterocycles. The van der Waals surface area contributed by atoms with E-state index in [9.17, 15) is 18.4 Å². The Hall–Kier alpha value is -7.60. The van der Waals surface area contributed by atoms with E-state index >= 15 is 0 Å². The summed E-state index contributed by atoms with van der Waals surface area (Å²) in [4.78, 5) is 7.63. The quantitative estimate of drug-likeness (QED) is 0.167. The van der Waals surface area contributed by atoms with Gasteiger partial charge >= 0.3 is 6.18 Å². The molecule has 0 aliphatic carbocycles. The van der Waals surface area contributed by atoms with Crippen molar-refractivity contribution < 1.29 is 13.2 Å². The predicted molar refractivity (Wildman–Crippen MR) is 213 cm³/mol. The molecule has 0 radical (unpaired) electrons. The van der Waals surface area contributed by atoms with Gasteiger partial charge in [0, 0.05) is 21.8 Å². The largest absolute Gasteiger partial charge is 0.416 e. The molecule has 55 heavy (non-hydrogen) atoms. The van der Waals surface area contributed by atoms with E-state index < -0.39 is 11.7 Å². The van der Waals surface area contributed by atoms with Crippen molar-refractivity contribution in [3.63, 3.8) is 0 Å². The SMILES string of the molecule is [C-]#[N+]c1ccc2c(c1)c1ccccc1n2-c1ccc(-c2cc(C)cc(C(F)(F)F)c2)cc1-c1cc(-n2c3ccccc3c3cc(C#N)ccc32)ccc1[N+]#[C-]. The minimum atomic E-state index is -4.53. The van der Waals surface area contributed by atoms with Crippen LogP contribution in [0.5, 0.6) is 0 Å². The number of nitrogens with zero attached hydrogens (tertiary/aromatic N) is 5. The normalized spacial score (nSPS) is 11.6. The first-order chi connectivity index (χ1) is 26.7. The Balaban J connectivity index is 1.37. The van der Waals surface area contributed by atoms with Crippen molar-refractivity contribution in [3.05, 3.63) is 179 Å². The molecule has 0 aliphatic rings. The van der Waals surface area contributed by atoms with Crippen LogP contribution in [0.25, 0.3) is 86.9 Å². The van der Waals surface area contributed by atoms with Gasteiger partial charge in [-0.25, -0.2) is 9.69 Å². The topological polar surface area (TPSA) is 42.4 Å². The van der Waals surface area contributed by atoms with E-state index in [-0.39, 0.29) is 0 Å². The fourth-order valence-electron chi connectivity index (χ4n) is 7.83. The molecule has 0 amide bonds. The van der Waals surface area contributed by atoms with Crippen LogP contribution < -0.4 is 0 Å². The molecule has 7 aromatic carbocycles. The minimum absolute atomic E-state index is 0.367. The molecule has 9 rings (SSSR count). The molecule has 0 unspecified atom stereocenters. The number of para-hydroxylation sites is 2. The number of nitriles is 1. The summed E-state index contributed by atoms with van der Waals surface area (Å²) < 4.78 is 46.4. The van der Waals surface area contributed by atoms with E-state index in [1.54, 1.807) is 31.2 Å². The average molecular weight is 718 g/mol. The Morgan fingerprint density at radius 1 is 0.582 bits per heavy atom. The number of aryl methyl sites for hydroxylation is 1. The van der Waals surface area contributed by atoms with Gasteiger partial charge < -0.3 is 9.13 Å². The zero-order valence-corrected chi connectivity index (χ0v) is 29.1. The highest BCUT2D eigenvalue weighted by Crippen LogP contribution is 2.44. The fourth-order valence-corrected chi connectivity index (χ4v) is 7.83. The van der Waals surface area contributed by atoms with E-state index in [0.29, 0.717) is 44.8 Å². The standard InChI is InChI=1S/C47H26F3N5/c1-28-20-31(23-32(21-28)47(48,49)50)30-13-18-45(55-43-11-7-5-9-36(43)40-25-33(52-2)14-19-46(40)55)39(24-30)37-26-34(15-16-41(37)53-3)54-42-10-6-4-8-35(42)38-22-29(27-51)12-17-44(38)54/h4-26H,1H3. The first-order valence-electron chi connectivity index (χ1n) is 17.4. The molecule has 2 aromatic heterocycles. The zero-order chi connectivity index (χ0) is 38.0. The number of benzene rings is 7. The van der Waals surface area contributed by atoms with Crippen molar-refractivity contribution in [2.75, 3.05) is 0 Å². The van der Waals surface area contributed by atoms with Crippen molar-refractivity contribution in [2.24, 2.45) is 0 Å². The highest BCUT2D eigenvalue weighted by atomic mass is 19.4. The fraction of sp³-hybridized carbons (Fsp3) is 0.0426. The van der Waals surface area contributed by atoms with Crippen LogP contribution in [-0.2, 0) is 6.18 Å². The zero-order valence-electron chi connectivity index (χ0n) is 29.1. The summed E-state index contributed by atoms with van der Waals surface area (Å²) in [5.41, 5.74) is 8.36. The van der Waals surface area contributed by atoms with Crippen LogP contribution >= 0.6 is 0 Å². The molecule has 0 fully saturated rings. The summed E-state index contributed by atoms with van der Waals surface area (Å²) in [6, 6.07) is 44.5. The highest BCUT2D eigenvalue weighted by molar-refractivity contribution is 6.12. The number of aromatic nitrogens is 2. The third kappa shape index (κ3) is 5.38. The van der Waals surface area contributed by atoms with Gasteiger partial charge in [-0.1, -0.05) is 60.7 Å². The lowest BCUT2D eigenvalue weighted by atomic mass is 9.94. The van der Waals surface area contributed by atoms with Crippen molar-refractivity contribution in [2.45, 2.75) is 13.1 Å². The molecule has 0 atom stereocenters. The molecule has 5 nitrogen and oxygen atoms in total. The van der Waals surface area contributed by atoms with Gasteiger partial charge in [0.2, 0.25) is 0 Å². The van der Waals surface area contributed by atoms with Crippen LogP contribution in [0, 0.1) is 31.4 Å². The second-order valence-electron chi connectivity index (χ2n) is 13.5.